The Morgan fingerprint density at radius 2 is 0.649 bits per heavy atom. The zero-order valence-electron chi connectivity index (χ0n) is 40.2. The van der Waals surface area contributed by atoms with Crippen LogP contribution in [0.3, 0.4) is 0 Å². The number of hydrogen-bond acceptors (Lipinski definition) is 3. The molecule has 0 N–H and O–H groups in total. The summed E-state index contributed by atoms with van der Waals surface area (Å²) in [6.07, 6.45) is 0. The van der Waals surface area contributed by atoms with Gasteiger partial charge in [0.1, 0.15) is 0 Å². The summed E-state index contributed by atoms with van der Waals surface area (Å²) in [5.74, 6) is 1.73. The average Bonchev–Trinajstić information content (AvgIpc) is 4.04. The van der Waals surface area contributed by atoms with E-state index in [0.29, 0.717) is 17.6 Å². The topological polar surface area (TPSA) is 48.5 Å². The highest BCUT2D eigenvalue weighted by molar-refractivity contribution is 6.28. The lowest BCUT2D eigenvalue weighted by Gasteiger charge is -2.15. The number of benzene rings is 11. The van der Waals surface area contributed by atoms with Gasteiger partial charge in [0.2, 0.25) is 5.95 Å². The van der Waals surface area contributed by atoms with Crippen molar-refractivity contribution in [2.45, 2.75) is 0 Å². The third-order valence-electron chi connectivity index (χ3n) is 14.4. The fourth-order valence-corrected chi connectivity index (χ4v) is 10.9. The molecule has 0 atom stereocenters. The van der Waals surface area contributed by atoms with Gasteiger partial charge in [-0.15, -0.1) is 0 Å². The summed E-state index contributed by atoms with van der Waals surface area (Å²) in [4.78, 5) is 16.2. The standard InChI is InChI=1S/C69H45N5/c1-5-19-46(20-6-1)49-37-41-53(42-38-49)68-70-67(52-25-11-4-12-26-52)71-69(72-68)74-63-34-16-14-32-59(63)64-60(51-39-35-50(36-40-51)55-28-17-27-54(43-55)47-21-7-2-8-22-47)45-61-58-31-13-15-33-62(58)73(65(61)66(64)74)57-30-18-29-56(44-57)48-23-9-3-10-24-48/h1-45H. The molecule has 3 heterocycles. The fourth-order valence-electron chi connectivity index (χ4n) is 10.9. The molecule has 0 unspecified atom stereocenters. The summed E-state index contributed by atoms with van der Waals surface area (Å²) in [5.41, 5.74) is 18.6. The van der Waals surface area contributed by atoms with E-state index in [1.807, 2.05) is 24.3 Å². The normalized spacial score (nSPS) is 11.5. The molecule has 5 heteroatoms. The molecule has 346 valence electrons. The number of aromatic nitrogens is 5. The number of fused-ring (bicyclic) bond motifs is 7. The molecular weight excluding hydrogens is 899 g/mol. The first kappa shape index (κ1) is 42.9. The van der Waals surface area contributed by atoms with Gasteiger partial charge in [-0.3, -0.25) is 4.57 Å². The van der Waals surface area contributed by atoms with Crippen LogP contribution in [0.4, 0.5) is 0 Å². The minimum absolute atomic E-state index is 0.536. The second-order valence-electron chi connectivity index (χ2n) is 18.8. The predicted octanol–water partition coefficient (Wildman–Crippen LogP) is 17.7. The Hall–Kier alpha value is -9.97. The van der Waals surface area contributed by atoms with Crippen molar-refractivity contribution in [2.24, 2.45) is 0 Å². The lowest BCUT2D eigenvalue weighted by atomic mass is 9.94. The van der Waals surface area contributed by atoms with Crippen LogP contribution in [0, 0.1) is 0 Å². The highest BCUT2D eigenvalue weighted by Crippen LogP contribution is 2.47. The maximum Gasteiger partial charge on any atom is 0.238 e. The molecule has 14 rings (SSSR count). The lowest BCUT2D eigenvalue weighted by Crippen LogP contribution is -2.07. The molecule has 0 aliphatic rings. The minimum atomic E-state index is 0.536. The number of rotatable bonds is 9. The highest BCUT2D eigenvalue weighted by atomic mass is 15.2. The van der Waals surface area contributed by atoms with Gasteiger partial charge >= 0.3 is 0 Å². The minimum Gasteiger partial charge on any atom is -0.307 e. The van der Waals surface area contributed by atoms with Crippen molar-refractivity contribution in [1.29, 1.82) is 0 Å². The Balaban J connectivity index is 1.06. The lowest BCUT2D eigenvalue weighted by molar-refractivity contribution is 0.953. The quantitative estimate of drug-likeness (QED) is 0.145. The molecule has 3 aromatic heterocycles. The van der Waals surface area contributed by atoms with Crippen LogP contribution in [0.25, 0.3) is 134 Å². The van der Waals surface area contributed by atoms with Crippen LogP contribution in [0.15, 0.2) is 273 Å². The Kier molecular flexibility index (Phi) is 10.4. The van der Waals surface area contributed by atoms with E-state index in [-0.39, 0.29) is 0 Å². The van der Waals surface area contributed by atoms with Crippen LogP contribution in [0.5, 0.6) is 0 Å². The van der Waals surface area contributed by atoms with Gasteiger partial charge < -0.3 is 4.57 Å². The van der Waals surface area contributed by atoms with Crippen molar-refractivity contribution in [1.82, 2.24) is 24.1 Å². The van der Waals surface area contributed by atoms with Crippen LogP contribution >= 0.6 is 0 Å². The molecule has 0 aliphatic heterocycles. The summed E-state index contributed by atoms with van der Waals surface area (Å²) in [6.45, 7) is 0. The van der Waals surface area contributed by atoms with Gasteiger partial charge in [-0.2, -0.15) is 9.97 Å². The summed E-state index contributed by atoms with van der Waals surface area (Å²) in [5, 5.41) is 4.50. The molecule has 0 saturated carbocycles. The fraction of sp³-hybridized carbons (Fsp3) is 0. The predicted molar refractivity (Wildman–Crippen MR) is 307 cm³/mol. The average molecular weight is 944 g/mol. The van der Waals surface area contributed by atoms with Gasteiger partial charge in [-0.05, 0) is 92.0 Å². The molecule has 0 spiro atoms. The zero-order chi connectivity index (χ0) is 49.0. The van der Waals surface area contributed by atoms with Crippen LogP contribution in [0.2, 0.25) is 0 Å². The van der Waals surface area contributed by atoms with E-state index in [4.69, 9.17) is 15.0 Å². The zero-order valence-corrected chi connectivity index (χ0v) is 40.2. The van der Waals surface area contributed by atoms with Crippen molar-refractivity contribution in [2.75, 3.05) is 0 Å². The van der Waals surface area contributed by atoms with E-state index in [1.165, 1.54) is 16.7 Å². The first-order valence-corrected chi connectivity index (χ1v) is 25.1. The van der Waals surface area contributed by atoms with Crippen molar-refractivity contribution < 1.29 is 0 Å². The third kappa shape index (κ3) is 7.46. The molecule has 74 heavy (non-hydrogen) atoms. The molecule has 0 amide bonds. The first-order chi connectivity index (χ1) is 36.7. The molecule has 0 fully saturated rings. The highest BCUT2D eigenvalue weighted by Gasteiger charge is 2.26. The molecule has 11 aromatic carbocycles. The van der Waals surface area contributed by atoms with Crippen molar-refractivity contribution in [3.63, 3.8) is 0 Å². The van der Waals surface area contributed by atoms with E-state index in [9.17, 15) is 0 Å². The molecule has 0 saturated heterocycles. The maximum absolute atomic E-state index is 5.50. The summed E-state index contributed by atoms with van der Waals surface area (Å²) >= 11 is 0. The van der Waals surface area contributed by atoms with Gasteiger partial charge in [0.05, 0.1) is 22.1 Å². The number of para-hydroxylation sites is 2. The Labute approximate surface area is 428 Å². The molecule has 0 bridgehead atoms. The molecule has 14 aromatic rings. The van der Waals surface area contributed by atoms with E-state index < -0.39 is 0 Å². The van der Waals surface area contributed by atoms with Crippen molar-refractivity contribution >= 4 is 43.6 Å². The van der Waals surface area contributed by atoms with E-state index in [1.54, 1.807) is 0 Å². The van der Waals surface area contributed by atoms with E-state index >= 15 is 0 Å². The SMILES string of the molecule is c1ccc(-c2ccc(-c3nc(-c4ccccc4)nc(-n4c5ccccc5c5c(-c6ccc(-c7cccc(-c8ccccc8)c7)cc6)cc6c7ccccc7n(-c7cccc(-c8ccccc8)c7)c6c54)n3)cc2)cc1. The van der Waals surface area contributed by atoms with Gasteiger partial charge in [-0.25, -0.2) is 4.98 Å². The Morgan fingerprint density at radius 1 is 0.243 bits per heavy atom. The Morgan fingerprint density at radius 3 is 1.24 bits per heavy atom. The van der Waals surface area contributed by atoms with Gasteiger partial charge in [0, 0.05) is 38.4 Å². The van der Waals surface area contributed by atoms with Gasteiger partial charge in [0.15, 0.2) is 11.6 Å². The summed E-state index contributed by atoms with van der Waals surface area (Å²) < 4.78 is 4.75. The molecule has 0 aliphatic carbocycles. The van der Waals surface area contributed by atoms with Crippen molar-refractivity contribution in [3.05, 3.63) is 273 Å². The van der Waals surface area contributed by atoms with Crippen LogP contribution in [-0.4, -0.2) is 24.1 Å². The molecule has 5 nitrogen and oxygen atoms in total. The molecular formula is C69H45N5. The number of nitrogens with zero attached hydrogens (tertiary/aromatic N) is 5. The van der Waals surface area contributed by atoms with Gasteiger partial charge in [0.25, 0.3) is 0 Å². The second kappa shape index (κ2) is 18.0. The second-order valence-corrected chi connectivity index (χ2v) is 18.8. The van der Waals surface area contributed by atoms with E-state index in [2.05, 4.69) is 258 Å². The van der Waals surface area contributed by atoms with Crippen LogP contribution in [-0.2, 0) is 0 Å². The van der Waals surface area contributed by atoms with E-state index in [0.717, 1.165) is 99.4 Å². The summed E-state index contributed by atoms with van der Waals surface area (Å²) in [7, 11) is 0. The van der Waals surface area contributed by atoms with Crippen LogP contribution < -0.4 is 0 Å². The Bertz CT molecular complexity index is 4370. The van der Waals surface area contributed by atoms with Crippen molar-refractivity contribution in [3.8, 4) is 90.0 Å². The van der Waals surface area contributed by atoms with Crippen LogP contribution in [0.1, 0.15) is 0 Å². The smallest absolute Gasteiger partial charge is 0.238 e. The largest absolute Gasteiger partial charge is 0.307 e. The summed E-state index contributed by atoms with van der Waals surface area (Å²) in [6, 6.07) is 97.2. The maximum atomic E-state index is 5.50. The first-order valence-electron chi connectivity index (χ1n) is 25.1. The monoisotopic (exact) mass is 943 g/mol. The third-order valence-corrected chi connectivity index (χ3v) is 14.4. The number of hydrogen-bond donors (Lipinski definition) is 0. The molecule has 0 radical (unpaired) electrons. The van der Waals surface area contributed by atoms with Gasteiger partial charge in [-0.1, -0.05) is 237 Å².